The Morgan fingerprint density at radius 1 is 1.13 bits per heavy atom. The summed E-state index contributed by atoms with van der Waals surface area (Å²) in [4.78, 5) is 35.8. The summed E-state index contributed by atoms with van der Waals surface area (Å²) < 4.78 is 15.6. The normalized spacial score (nSPS) is 23.0. The number of amides is 2. The second-order valence-electron chi connectivity index (χ2n) is 10.3. The van der Waals surface area contributed by atoms with Gasteiger partial charge < -0.3 is 24.8 Å². The predicted molar refractivity (Wildman–Crippen MR) is 118 cm³/mol. The van der Waals surface area contributed by atoms with Crippen LogP contribution in [-0.2, 0) is 23.8 Å². The molecule has 1 aliphatic rings. The molecule has 0 aromatic rings. The third-order valence-electron chi connectivity index (χ3n) is 5.24. The number of alkyl carbamates (subject to hydrolysis) is 1. The summed E-state index contributed by atoms with van der Waals surface area (Å²) in [6.45, 7) is 17.5. The molecular formula is C23H40N2O6. The van der Waals surface area contributed by atoms with Crippen LogP contribution in [0.25, 0.3) is 0 Å². The highest BCUT2D eigenvalue weighted by Gasteiger charge is 2.43. The molecule has 1 fully saturated rings. The van der Waals surface area contributed by atoms with Gasteiger partial charge in [0.2, 0.25) is 0 Å². The van der Waals surface area contributed by atoms with Crippen molar-refractivity contribution in [3.8, 4) is 0 Å². The zero-order chi connectivity index (χ0) is 23.9. The van der Waals surface area contributed by atoms with Crippen LogP contribution in [0.2, 0.25) is 0 Å². The largest absolute Gasteiger partial charge is 0.459 e. The molecule has 1 aliphatic carbocycles. The van der Waals surface area contributed by atoms with Gasteiger partial charge in [0.15, 0.2) is 0 Å². The highest BCUT2D eigenvalue weighted by atomic mass is 16.6. The minimum absolute atomic E-state index is 0.00152. The first kappa shape index (κ1) is 26.9. The van der Waals surface area contributed by atoms with Gasteiger partial charge in [0.25, 0.3) is 5.91 Å². The van der Waals surface area contributed by atoms with E-state index in [-0.39, 0.29) is 42.1 Å². The molecule has 31 heavy (non-hydrogen) atoms. The zero-order valence-corrected chi connectivity index (χ0v) is 20.1. The second-order valence-corrected chi connectivity index (χ2v) is 10.3. The van der Waals surface area contributed by atoms with E-state index >= 15 is 0 Å². The second kappa shape index (κ2) is 11.0. The molecular weight excluding hydrogens is 400 g/mol. The Kier molecular flexibility index (Phi) is 9.54. The Bertz CT molecular complexity index is 658. The van der Waals surface area contributed by atoms with Crippen molar-refractivity contribution in [1.82, 2.24) is 10.6 Å². The number of hydrogen-bond acceptors (Lipinski definition) is 6. The van der Waals surface area contributed by atoms with Crippen LogP contribution in [-0.4, -0.2) is 55.5 Å². The predicted octanol–water partition coefficient (Wildman–Crippen LogP) is 3.35. The van der Waals surface area contributed by atoms with Crippen molar-refractivity contribution >= 4 is 18.0 Å². The third kappa shape index (κ3) is 9.72. The summed E-state index contributed by atoms with van der Waals surface area (Å²) in [5, 5.41) is 5.96. The van der Waals surface area contributed by atoms with E-state index in [0.717, 1.165) is 25.3 Å². The number of ether oxygens (including phenoxy) is 3. The van der Waals surface area contributed by atoms with Gasteiger partial charge in [-0.3, -0.25) is 4.79 Å². The van der Waals surface area contributed by atoms with Gasteiger partial charge >= 0.3 is 12.1 Å². The standard InChI is InChI=1S/C23H40N2O6/c1-9-18(26)29-10-11-30-20(28)24-15-23(8)13-17(12-21(4,5)14-23)25-19(27)22(6,7)31-16(2)3/h9,16-17H,1,10-15H2,2-8H3,(H,24,28)(H,25,27). The number of esters is 1. The fraction of sp³-hybridized carbons (Fsp3) is 0.783. The monoisotopic (exact) mass is 440 g/mol. The van der Waals surface area contributed by atoms with E-state index in [2.05, 4.69) is 38.0 Å². The quantitative estimate of drug-likeness (QED) is 0.307. The molecule has 0 aliphatic heterocycles. The van der Waals surface area contributed by atoms with Gasteiger partial charge in [-0.2, -0.15) is 0 Å². The van der Waals surface area contributed by atoms with E-state index in [9.17, 15) is 14.4 Å². The molecule has 8 nitrogen and oxygen atoms in total. The lowest BCUT2D eigenvalue weighted by molar-refractivity contribution is -0.149. The van der Waals surface area contributed by atoms with Crippen LogP contribution < -0.4 is 10.6 Å². The number of carbonyl (C=O) groups excluding carboxylic acids is 3. The van der Waals surface area contributed by atoms with Crippen LogP contribution >= 0.6 is 0 Å². The minimum Gasteiger partial charge on any atom is -0.459 e. The number of carbonyl (C=O) groups is 3. The molecule has 0 radical (unpaired) electrons. The van der Waals surface area contributed by atoms with Crippen molar-refractivity contribution in [3.05, 3.63) is 12.7 Å². The molecule has 0 aromatic heterocycles. The van der Waals surface area contributed by atoms with Gasteiger partial charge in [0.05, 0.1) is 6.10 Å². The molecule has 1 saturated carbocycles. The van der Waals surface area contributed by atoms with Crippen LogP contribution in [0.5, 0.6) is 0 Å². The molecule has 178 valence electrons. The molecule has 0 bridgehead atoms. The summed E-state index contributed by atoms with van der Waals surface area (Å²) in [5.74, 6) is -0.691. The fourth-order valence-electron chi connectivity index (χ4n) is 4.54. The molecule has 0 aromatic carbocycles. The van der Waals surface area contributed by atoms with Gasteiger partial charge in [-0.15, -0.1) is 0 Å². The molecule has 8 heteroatoms. The SMILES string of the molecule is C=CC(=O)OCCOC(=O)NCC1(C)CC(NC(=O)C(C)(C)OC(C)C)CC(C)(C)C1. The smallest absolute Gasteiger partial charge is 0.407 e. The van der Waals surface area contributed by atoms with Gasteiger partial charge in [-0.05, 0) is 57.8 Å². The average molecular weight is 441 g/mol. The van der Waals surface area contributed by atoms with Crippen LogP contribution in [0, 0.1) is 10.8 Å². The van der Waals surface area contributed by atoms with E-state index in [1.54, 1.807) is 13.8 Å². The molecule has 2 amide bonds. The zero-order valence-electron chi connectivity index (χ0n) is 20.1. The van der Waals surface area contributed by atoms with Gasteiger partial charge in [-0.1, -0.05) is 27.4 Å². The van der Waals surface area contributed by atoms with E-state index in [4.69, 9.17) is 14.2 Å². The first-order chi connectivity index (χ1) is 14.2. The third-order valence-corrected chi connectivity index (χ3v) is 5.24. The van der Waals surface area contributed by atoms with E-state index in [1.807, 2.05) is 13.8 Å². The Morgan fingerprint density at radius 2 is 1.74 bits per heavy atom. The summed E-state index contributed by atoms with van der Waals surface area (Å²) in [6.07, 6.45) is 2.92. The number of nitrogens with one attached hydrogen (secondary N) is 2. The highest BCUT2D eigenvalue weighted by molar-refractivity contribution is 5.84. The van der Waals surface area contributed by atoms with E-state index in [1.165, 1.54) is 0 Å². The maximum absolute atomic E-state index is 12.8. The average Bonchev–Trinajstić information content (AvgIpc) is 2.60. The number of rotatable bonds is 10. The molecule has 0 spiro atoms. The summed E-state index contributed by atoms with van der Waals surface area (Å²) >= 11 is 0. The van der Waals surface area contributed by atoms with Gasteiger partial charge in [0.1, 0.15) is 18.8 Å². The molecule has 2 N–H and O–H groups in total. The van der Waals surface area contributed by atoms with Crippen LogP contribution in [0.1, 0.15) is 67.7 Å². The lowest BCUT2D eigenvalue weighted by Gasteiger charge is -2.47. The van der Waals surface area contributed by atoms with E-state index in [0.29, 0.717) is 6.54 Å². The topological polar surface area (TPSA) is 103 Å². The first-order valence-electron chi connectivity index (χ1n) is 10.9. The van der Waals surface area contributed by atoms with Crippen molar-refractivity contribution < 1.29 is 28.6 Å². The number of hydrogen-bond donors (Lipinski definition) is 2. The Morgan fingerprint density at radius 3 is 2.32 bits per heavy atom. The van der Waals surface area contributed by atoms with Gasteiger partial charge in [0, 0.05) is 18.7 Å². The Labute approximate surface area is 186 Å². The molecule has 0 saturated heterocycles. The van der Waals surface area contributed by atoms with Crippen molar-refractivity contribution in [1.29, 1.82) is 0 Å². The van der Waals surface area contributed by atoms with Crippen molar-refractivity contribution in [2.75, 3.05) is 19.8 Å². The van der Waals surface area contributed by atoms with Crippen LogP contribution in [0.15, 0.2) is 12.7 Å². The fourth-order valence-corrected chi connectivity index (χ4v) is 4.54. The maximum Gasteiger partial charge on any atom is 0.407 e. The van der Waals surface area contributed by atoms with Crippen molar-refractivity contribution in [3.63, 3.8) is 0 Å². The molecule has 2 unspecified atom stereocenters. The first-order valence-corrected chi connectivity index (χ1v) is 10.9. The minimum atomic E-state index is -0.913. The lowest BCUT2D eigenvalue weighted by Crippen LogP contribution is -2.54. The van der Waals surface area contributed by atoms with Crippen LogP contribution in [0.3, 0.4) is 0 Å². The van der Waals surface area contributed by atoms with Crippen molar-refractivity contribution in [2.45, 2.75) is 85.5 Å². The Balaban J connectivity index is 2.62. The maximum atomic E-state index is 12.8. The van der Waals surface area contributed by atoms with Gasteiger partial charge in [-0.25, -0.2) is 9.59 Å². The molecule has 0 heterocycles. The van der Waals surface area contributed by atoms with Crippen LogP contribution in [0.4, 0.5) is 4.79 Å². The molecule has 1 rings (SSSR count). The Hall–Kier alpha value is -2.09. The highest BCUT2D eigenvalue weighted by Crippen LogP contribution is 2.45. The van der Waals surface area contributed by atoms with Crippen molar-refractivity contribution in [2.24, 2.45) is 10.8 Å². The summed E-state index contributed by atoms with van der Waals surface area (Å²) in [6, 6.07) is -0.0209. The van der Waals surface area contributed by atoms with E-state index < -0.39 is 17.7 Å². The lowest BCUT2D eigenvalue weighted by atomic mass is 9.62. The summed E-state index contributed by atoms with van der Waals surface area (Å²) in [5.41, 5.74) is -1.13. The summed E-state index contributed by atoms with van der Waals surface area (Å²) in [7, 11) is 0. The molecule has 2 atom stereocenters.